The van der Waals surface area contributed by atoms with E-state index in [4.69, 9.17) is 5.73 Å². The summed E-state index contributed by atoms with van der Waals surface area (Å²) >= 11 is 1.03. The van der Waals surface area contributed by atoms with Crippen molar-refractivity contribution in [2.75, 3.05) is 12.8 Å². The summed E-state index contributed by atoms with van der Waals surface area (Å²) in [7, 11) is 1.23. The molecule has 0 aromatic carbocycles. The van der Waals surface area contributed by atoms with Gasteiger partial charge in [-0.1, -0.05) is 11.3 Å². The van der Waals surface area contributed by atoms with E-state index in [0.29, 0.717) is 4.96 Å². The number of carbonyl (C=O) groups excluding carboxylic acids is 1. The number of nitrogen functional groups attached to an aromatic ring is 1. The lowest BCUT2D eigenvalue weighted by Crippen LogP contribution is -2.25. The van der Waals surface area contributed by atoms with Gasteiger partial charge in [-0.05, 0) is 0 Å². The molecule has 15 heavy (non-hydrogen) atoms. The highest BCUT2D eigenvalue weighted by atomic mass is 32.1. The molecule has 0 saturated carbocycles. The molecule has 0 atom stereocenters. The van der Waals surface area contributed by atoms with Crippen LogP contribution in [0.2, 0.25) is 0 Å². The van der Waals surface area contributed by atoms with Crippen LogP contribution in [0.4, 0.5) is 5.95 Å². The summed E-state index contributed by atoms with van der Waals surface area (Å²) in [5, 5.41) is 3.68. The Labute approximate surface area is 86.8 Å². The number of thiazole rings is 1. The molecule has 0 aliphatic rings. The normalized spacial score (nSPS) is 12.2. The lowest BCUT2D eigenvalue weighted by Gasteiger charge is -1.85. The Morgan fingerprint density at radius 3 is 3.00 bits per heavy atom. The van der Waals surface area contributed by atoms with Crippen LogP contribution in [0.3, 0.4) is 0 Å². The van der Waals surface area contributed by atoms with E-state index in [1.807, 2.05) is 0 Å². The number of methoxy groups -OCH3 is 1. The molecule has 2 aromatic heterocycles. The molecule has 0 aliphatic carbocycles. The van der Waals surface area contributed by atoms with Crippen LogP contribution < -0.4 is 15.8 Å². The van der Waals surface area contributed by atoms with Crippen molar-refractivity contribution >= 4 is 34.3 Å². The minimum Gasteiger partial charge on any atom is -0.466 e. The first-order valence-electron chi connectivity index (χ1n) is 3.86. The predicted octanol–water partition coefficient (Wildman–Crippen LogP) is -1.59. The number of anilines is 1. The quantitative estimate of drug-likeness (QED) is 0.588. The van der Waals surface area contributed by atoms with Crippen molar-refractivity contribution in [2.24, 2.45) is 0 Å². The number of ether oxygens (including phenoxy) is 1. The average molecular weight is 226 g/mol. The maximum atomic E-state index is 11.6. The van der Waals surface area contributed by atoms with E-state index in [9.17, 15) is 9.59 Å². The van der Waals surface area contributed by atoms with Crippen LogP contribution in [0, 0.1) is 0 Å². The smallest absolute Gasteiger partial charge is 0.332 e. The first-order valence-corrected chi connectivity index (χ1v) is 4.68. The molecule has 0 unspecified atom stereocenters. The van der Waals surface area contributed by atoms with E-state index in [-0.39, 0.29) is 10.5 Å². The van der Waals surface area contributed by atoms with Crippen LogP contribution in [0.5, 0.6) is 0 Å². The van der Waals surface area contributed by atoms with E-state index in [1.54, 1.807) is 0 Å². The highest BCUT2D eigenvalue weighted by molar-refractivity contribution is 7.15. The molecular formula is C7H6N4O3S. The summed E-state index contributed by atoms with van der Waals surface area (Å²) in [6.45, 7) is 0. The Bertz CT molecular complexity index is 628. The van der Waals surface area contributed by atoms with Gasteiger partial charge in [0.25, 0.3) is 5.56 Å². The van der Waals surface area contributed by atoms with Crippen molar-refractivity contribution in [3.8, 4) is 0 Å². The fourth-order valence-electron chi connectivity index (χ4n) is 1.01. The number of fused-ring (bicyclic) bond motifs is 1. The summed E-state index contributed by atoms with van der Waals surface area (Å²) in [4.78, 5) is 26.6. The zero-order valence-corrected chi connectivity index (χ0v) is 8.45. The van der Waals surface area contributed by atoms with Crippen LogP contribution >= 0.6 is 11.3 Å². The van der Waals surface area contributed by atoms with Gasteiger partial charge in [0.1, 0.15) is 4.53 Å². The molecule has 0 amide bonds. The largest absolute Gasteiger partial charge is 0.466 e. The molecule has 0 spiro atoms. The van der Waals surface area contributed by atoms with Gasteiger partial charge in [0.2, 0.25) is 10.9 Å². The van der Waals surface area contributed by atoms with Gasteiger partial charge in [-0.3, -0.25) is 4.79 Å². The lowest BCUT2D eigenvalue weighted by molar-refractivity contribution is -0.133. The van der Waals surface area contributed by atoms with Gasteiger partial charge in [-0.25, -0.2) is 4.79 Å². The lowest BCUT2D eigenvalue weighted by atomic mass is 10.6. The average Bonchev–Trinajstić information content (AvgIpc) is 2.67. The number of hydrogen-bond acceptors (Lipinski definition) is 7. The number of rotatable bonds is 1. The van der Waals surface area contributed by atoms with E-state index >= 15 is 0 Å². The van der Waals surface area contributed by atoms with Gasteiger partial charge in [-0.15, -0.1) is 5.10 Å². The summed E-state index contributed by atoms with van der Waals surface area (Å²) < 4.78 is 5.67. The number of nitrogens with two attached hydrogens (primary N) is 1. The maximum absolute atomic E-state index is 11.6. The molecular weight excluding hydrogens is 220 g/mol. The Kier molecular flexibility index (Phi) is 2.12. The highest BCUT2D eigenvalue weighted by Crippen LogP contribution is 2.01. The fraction of sp³-hybridized carbons (Fsp3) is 0.143. The standard InChI is InChI=1S/C7H6N4O3S/c1-14-4(12)2-3-5(13)11-7(15-3)9-6(8)10-11/h2H,1H3,(H2,8,10)/b3-2+. The van der Waals surface area contributed by atoms with Crippen LogP contribution in [0.15, 0.2) is 4.79 Å². The molecule has 2 N–H and O–H groups in total. The van der Waals surface area contributed by atoms with Gasteiger partial charge in [0, 0.05) is 6.08 Å². The van der Waals surface area contributed by atoms with Crippen LogP contribution in [-0.2, 0) is 9.53 Å². The molecule has 78 valence electrons. The van der Waals surface area contributed by atoms with Gasteiger partial charge < -0.3 is 10.5 Å². The molecule has 0 saturated heterocycles. The molecule has 7 nitrogen and oxygen atoms in total. The number of carbonyl (C=O) groups is 1. The monoisotopic (exact) mass is 226 g/mol. The van der Waals surface area contributed by atoms with E-state index in [1.165, 1.54) is 7.11 Å². The van der Waals surface area contributed by atoms with Gasteiger partial charge in [-0.2, -0.15) is 9.50 Å². The maximum Gasteiger partial charge on any atom is 0.332 e. The highest BCUT2D eigenvalue weighted by Gasteiger charge is 2.08. The summed E-state index contributed by atoms with van der Waals surface area (Å²) in [6.07, 6.45) is 1.10. The zero-order chi connectivity index (χ0) is 11.0. The van der Waals surface area contributed by atoms with Crippen LogP contribution in [0.25, 0.3) is 11.0 Å². The first kappa shape index (κ1) is 9.59. The Morgan fingerprint density at radius 2 is 2.40 bits per heavy atom. The Hall–Kier alpha value is -1.96. The van der Waals surface area contributed by atoms with Crippen molar-refractivity contribution in [1.82, 2.24) is 14.6 Å². The van der Waals surface area contributed by atoms with Crippen molar-refractivity contribution < 1.29 is 9.53 Å². The first-order chi connectivity index (χ1) is 7.11. The number of aromatic nitrogens is 3. The summed E-state index contributed by atoms with van der Waals surface area (Å²) in [6, 6.07) is 0. The second kappa shape index (κ2) is 3.31. The Morgan fingerprint density at radius 1 is 1.67 bits per heavy atom. The third-order valence-electron chi connectivity index (χ3n) is 1.65. The number of nitrogens with zero attached hydrogens (tertiary/aromatic N) is 3. The second-order valence-corrected chi connectivity index (χ2v) is 3.61. The molecule has 0 bridgehead atoms. The molecule has 2 aromatic rings. The van der Waals surface area contributed by atoms with Gasteiger partial charge in [0.15, 0.2) is 0 Å². The summed E-state index contributed by atoms with van der Waals surface area (Å²) in [5.41, 5.74) is 4.88. The molecule has 2 rings (SSSR count). The van der Waals surface area contributed by atoms with Crippen molar-refractivity contribution in [1.29, 1.82) is 0 Å². The number of esters is 1. The molecule has 8 heteroatoms. The molecule has 0 radical (unpaired) electrons. The minimum absolute atomic E-state index is 0.0305. The topological polar surface area (TPSA) is 99.6 Å². The van der Waals surface area contributed by atoms with Crippen molar-refractivity contribution in [2.45, 2.75) is 0 Å². The van der Waals surface area contributed by atoms with Gasteiger partial charge in [0.05, 0.1) is 7.11 Å². The zero-order valence-electron chi connectivity index (χ0n) is 7.63. The van der Waals surface area contributed by atoms with E-state index in [0.717, 1.165) is 21.9 Å². The van der Waals surface area contributed by atoms with Crippen molar-refractivity contribution in [3.05, 3.63) is 14.9 Å². The molecule has 2 heterocycles. The number of hydrogen-bond donors (Lipinski definition) is 1. The molecule has 0 fully saturated rings. The van der Waals surface area contributed by atoms with Crippen molar-refractivity contribution in [3.63, 3.8) is 0 Å². The van der Waals surface area contributed by atoms with Gasteiger partial charge >= 0.3 is 5.97 Å². The molecule has 0 aliphatic heterocycles. The van der Waals surface area contributed by atoms with E-state index in [2.05, 4.69) is 14.8 Å². The predicted molar refractivity (Wildman–Crippen MR) is 53.2 cm³/mol. The Balaban J connectivity index is 2.69. The van der Waals surface area contributed by atoms with Crippen LogP contribution in [0.1, 0.15) is 0 Å². The minimum atomic E-state index is -0.593. The SMILES string of the molecule is COC(=O)/C=c1/sc2nc(N)nn2c1=O. The summed E-state index contributed by atoms with van der Waals surface area (Å²) in [5.74, 6) is -0.562. The third kappa shape index (κ3) is 1.54. The third-order valence-corrected chi connectivity index (χ3v) is 2.61. The fourth-order valence-corrected chi connectivity index (χ4v) is 1.89. The second-order valence-electron chi connectivity index (χ2n) is 2.60. The van der Waals surface area contributed by atoms with E-state index < -0.39 is 11.5 Å². The van der Waals surface area contributed by atoms with Crippen LogP contribution in [-0.4, -0.2) is 27.7 Å².